The number of aryl methyl sites for hydroxylation is 2. The zero-order valence-corrected chi connectivity index (χ0v) is 15.8. The molecule has 0 atom stereocenters. The van der Waals surface area contributed by atoms with Crippen molar-refractivity contribution in [3.05, 3.63) is 75.0 Å². The SMILES string of the molecule is Cc1cc2oc(=O)cc(CNCc3csc(-c4cnccn4)n3)c2cc1C. The molecule has 0 fully saturated rings. The summed E-state index contributed by atoms with van der Waals surface area (Å²) in [6.45, 7) is 5.23. The first-order valence-electron chi connectivity index (χ1n) is 8.55. The van der Waals surface area contributed by atoms with E-state index in [1.165, 1.54) is 16.9 Å². The summed E-state index contributed by atoms with van der Waals surface area (Å²) in [7, 11) is 0. The third-order valence-electron chi connectivity index (χ3n) is 4.40. The maximum atomic E-state index is 11.9. The normalized spacial score (nSPS) is 11.2. The fourth-order valence-electron chi connectivity index (χ4n) is 2.87. The van der Waals surface area contributed by atoms with Crippen molar-refractivity contribution in [1.82, 2.24) is 20.3 Å². The number of nitrogens with one attached hydrogen (secondary N) is 1. The quantitative estimate of drug-likeness (QED) is 0.534. The van der Waals surface area contributed by atoms with Crippen molar-refractivity contribution in [3.63, 3.8) is 0 Å². The average Bonchev–Trinajstić information content (AvgIpc) is 3.13. The summed E-state index contributed by atoms with van der Waals surface area (Å²) in [5.41, 5.74) is 5.20. The molecular weight excluding hydrogens is 360 g/mol. The van der Waals surface area contributed by atoms with Gasteiger partial charge in [-0.1, -0.05) is 0 Å². The third kappa shape index (κ3) is 3.79. The Morgan fingerprint density at radius 1 is 1.11 bits per heavy atom. The van der Waals surface area contributed by atoms with Gasteiger partial charge in [0.2, 0.25) is 0 Å². The standard InChI is InChI=1S/C20H18N4O2S/c1-12-5-16-14(7-19(25)26-18(16)6-13(12)2)8-22-9-15-11-27-20(24-15)17-10-21-3-4-23-17/h3-7,10-11,22H,8-9H2,1-2H3. The first kappa shape index (κ1) is 17.5. The van der Waals surface area contributed by atoms with Crippen LogP contribution >= 0.6 is 11.3 Å². The van der Waals surface area contributed by atoms with Crippen LogP contribution in [0.4, 0.5) is 0 Å². The topological polar surface area (TPSA) is 80.9 Å². The van der Waals surface area contributed by atoms with Gasteiger partial charge in [0.25, 0.3) is 0 Å². The minimum atomic E-state index is -0.332. The van der Waals surface area contributed by atoms with Crippen LogP contribution in [0.15, 0.2) is 51.4 Å². The molecule has 0 unspecified atom stereocenters. The van der Waals surface area contributed by atoms with Crippen LogP contribution in [0.3, 0.4) is 0 Å². The van der Waals surface area contributed by atoms with Gasteiger partial charge < -0.3 is 9.73 Å². The zero-order valence-electron chi connectivity index (χ0n) is 15.0. The molecule has 0 radical (unpaired) electrons. The van der Waals surface area contributed by atoms with Gasteiger partial charge in [0.1, 0.15) is 16.3 Å². The van der Waals surface area contributed by atoms with Gasteiger partial charge in [0.15, 0.2) is 0 Å². The maximum Gasteiger partial charge on any atom is 0.336 e. The first-order chi connectivity index (χ1) is 13.1. The van der Waals surface area contributed by atoms with Crippen LogP contribution in [0.1, 0.15) is 22.4 Å². The van der Waals surface area contributed by atoms with Gasteiger partial charge in [-0.05, 0) is 42.7 Å². The number of nitrogens with zero attached hydrogens (tertiary/aromatic N) is 3. The number of benzene rings is 1. The highest BCUT2D eigenvalue weighted by atomic mass is 32.1. The Kier molecular flexibility index (Phi) is 4.79. The second-order valence-electron chi connectivity index (χ2n) is 6.36. The van der Waals surface area contributed by atoms with Gasteiger partial charge in [-0.25, -0.2) is 9.78 Å². The van der Waals surface area contributed by atoms with Crippen LogP contribution in [-0.2, 0) is 13.1 Å². The predicted molar refractivity (Wildman–Crippen MR) is 106 cm³/mol. The highest BCUT2D eigenvalue weighted by Crippen LogP contribution is 2.22. The van der Waals surface area contributed by atoms with Crippen LogP contribution in [0.5, 0.6) is 0 Å². The number of rotatable bonds is 5. The molecule has 0 amide bonds. The van der Waals surface area contributed by atoms with Crippen LogP contribution in [-0.4, -0.2) is 15.0 Å². The van der Waals surface area contributed by atoms with Crippen molar-refractivity contribution in [2.24, 2.45) is 0 Å². The Hall–Kier alpha value is -2.90. The van der Waals surface area contributed by atoms with Gasteiger partial charge in [0, 0.05) is 42.3 Å². The number of aromatic nitrogens is 3. The number of hydrogen-bond donors (Lipinski definition) is 1. The van der Waals surface area contributed by atoms with Gasteiger partial charge >= 0.3 is 5.63 Å². The Bertz CT molecular complexity index is 1150. The lowest BCUT2D eigenvalue weighted by molar-refractivity contribution is 0.556. The lowest BCUT2D eigenvalue weighted by Gasteiger charge is -2.09. The molecule has 3 aromatic heterocycles. The smallest absolute Gasteiger partial charge is 0.336 e. The van der Waals surface area contributed by atoms with E-state index in [2.05, 4.69) is 33.3 Å². The molecule has 0 aliphatic heterocycles. The summed E-state index contributed by atoms with van der Waals surface area (Å²) >= 11 is 1.54. The van der Waals surface area contributed by atoms with E-state index in [9.17, 15) is 4.79 Å². The molecule has 3 heterocycles. The van der Waals surface area contributed by atoms with Crippen LogP contribution in [0.25, 0.3) is 21.7 Å². The second-order valence-corrected chi connectivity index (χ2v) is 7.22. The molecule has 6 nitrogen and oxygen atoms in total. The van der Waals surface area contributed by atoms with Gasteiger partial charge in [0.05, 0.1) is 11.9 Å². The Morgan fingerprint density at radius 3 is 2.78 bits per heavy atom. The molecule has 27 heavy (non-hydrogen) atoms. The Labute approximate surface area is 160 Å². The van der Waals surface area contributed by atoms with E-state index in [0.717, 1.165) is 32.9 Å². The number of hydrogen-bond acceptors (Lipinski definition) is 7. The van der Waals surface area contributed by atoms with Crippen LogP contribution < -0.4 is 10.9 Å². The first-order valence-corrected chi connectivity index (χ1v) is 9.43. The lowest BCUT2D eigenvalue weighted by Crippen LogP contribution is -2.15. The van der Waals surface area contributed by atoms with Gasteiger partial charge in [-0.2, -0.15) is 0 Å². The summed E-state index contributed by atoms with van der Waals surface area (Å²) in [5, 5.41) is 7.17. The highest BCUT2D eigenvalue weighted by molar-refractivity contribution is 7.13. The minimum absolute atomic E-state index is 0.332. The Morgan fingerprint density at radius 2 is 1.96 bits per heavy atom. The van der Waals surface area contributed by atoms with E-state index in [1.54, 1.807) is 24.7 Å². The van der Waals surface area contributed by atoms with E-state index in [4.69, 9.17) is 4.42 Å². The molecule has 0 spiro atoms. The van der Waals surface area contributed by atoms with Gasteiger partial charge in [-0.15, -0.1) is 11.3 Å². The molecule has 0 saturated carbocycles. The fraction of sp³-hybridized carbons (Fsp3) is 0.200. The largest absolute Gasteiger partial charge is 0.423 e. The molecule has 4 aromatic rings. The molecule has 1 N–H and O–H groups in total. The molecule has 4 rings (SSSR count). The third-order valence-corrected chi connectivity index (χ3v) is 5.31. The molecule has 1 aromatic carbocycles. The second kappa shape index (κ2) is 7.38. The molecular formula is C20H18N4O2S. The Balaban J connectivity index is 1.50. The summed E-state index contributed by atoms with van der Waals surface area (Å²) in [5.74, 6) is 0. The molecule has 136 valence electrons. The van der Waals surface area contributed by atoms with Gasteiger partial charge in [-0.3, -0.25) is 9.97 Å². The minimum Gasteiger partial charge on any atom is -0.423 e. The monoisotopic (exact) mass is 378 g/mol. The fourth-order valence-corrected chi connectivity index (χ4v) is 3.65. The van der Waals surface area contributed by atoms with Crippen molar-refractivity contribution >= 4 is 22.3 Å². The zero-order chi connectivity index (χ0) is 18.8. The van der Waals surface area contributed by atoms with Crippen molar-refractivity contribution in [2.45, 2.75) is 26.9 Å². The van der Waals surface area contributed by atoms with E-state index in [-0.39, 0.29) is 5.63 Å². The molecule has 0 aliphatic rings. The summed E-state index contributed by atoms with van der Waals surface area (Å²) in [6.07, 6.45) is 5.00. The number of fused-ring (bicyclic) bond motifs is 1. The summed E-state index contributed by atoms with van der Waals surface area (Å²) < 4.78 is 5.35. The van der Waals surface area contributed by atoms with Crippen molar-refractivity contribution in [1.29, 1.82) is 0 Å². The molecule has 0 aliphatic carbocycles. The average molecular weight is 378 g/mol. The molecule has 7 heteroatoms. The van der Waals surface area contributed by atoms with E-state index < -0.39 is 0 Å². The van der Waals surface area contributed by atoms with Crippen LogP contribution in [0, 0.1) is 13.8 Å². The summed E-state index contributed by atoms with van der Waals surface area (Å²) in [6, 6.07) is 5.54. The number of thiazole rings is 1. The van der Waals surface area contributed by atoms with E-state index in [1.807, 2.05) is 18.4 Å². The van der Waals surface area contributed by atoms with E-state index >= 15 is 0 Å². The van der Waals surface area contributed by atoms with Crippen molar-refractivity contribution in [2.75, 3.05) is 0 Å². The molecule has 0 bridgehead atoms. The van der Waals surface area contributed by atoms with E-state index in [0.29, 0.717) is 18.7 Å². The predicted octanol–water partition coefficient (Wildman–Crippen LogP) is 3.61. The maximum absolute atomic E-state index is 11.9. The summed E-state index contributed by atoms with van der Waals surface area (Å²) in [4.78, 5) is 24.8. The molecule has 0 saturated heterocycles. The lowest BCUT2D eigenvalue weighted by atomic mass is 10.0. The van der Waals surface area contributed by atoms with Crippen LogP contribution in [0.2, 0.25) is 0 Å². The van der Waals surface area contributed by atoms with Crippen molar-refractivity contribution < 1.29 is 4.42 Å². The highest BCUT2D eigenvalue weighted by Gasteiger charge is 2.09. The van der Waals surface area contributed by atoms with Crippen molar-refractivity contribution in [3.8, 4) is 10.7 Å².